The third kappa shape index (κ3) is 5.24. The van der Waals surface area contributed by atoms with Crippen molar-refractivity contribution in [3.63, 3.8) is 0 Å². The Morgan fingerprint density at radius 1 is 1.00 bits per heavy atom. The van der Waals surface area contributed by atoms with Gasteiger partial charge in [-0.3, -0.25) is 9.47 Å². The fraction of sp³-hybridized carbons (Fsp3) is 0.167. The van der Waals surface area contributed by atoms with Crippen LogP contribution in [0.5, 0.6) is 0 Å². The van der Waals surface area contributed by atoms with Gasteiger partial charge in [-0.15, -0.1) is 0 Å². The van der Waals surface area contributed by atoms with E-state index in [-0.39, 0.29) is 6.04 Å². The molecule has 1 fully saturated rings. The molecule has 1 saturated heterocycles. The first-order valence-electron chi connectivity index (χ1n) is 13.0. The Balaban J connectivity index is 1.34. The molecule has 0 unspecified atom stereocenters. The number of imidazole rings is 1. The minimum Gasteiger partial charge on any atom is -0.383 e. The molecule has 10 heteroatoms. The van der Waals surface area contributed by atoms with Crippen LogP contribution >= 0.6 is 0 Å². The number of nitrogens with one attached hydrogen (secondary N) is 1. The molecule has 5 aromatic rings. The molecular weight excluding hydrogens is 522 g/mol. The number of benzene rings is 2. The van der Waals surface area contributed by atoms with Crippen LogP contribution in [0.1, 0.15) is 12.0 Å². The average Bonchev–Trinajstić information content (AvgIpc) is 3.57. The van der Waals surface area contributed by atoms with Gasteiger partial charge in [-0.25, -0.2) is 28.1 Å². The molecule has 3 N–H and O–H groups in total. The third-order valence-electron chi connectivity index (χ3n) is 7.08. The Hall–Kier alpha value is -4.38. The molecule has 202 valence electrons. The Morgan fingerprint density at radius 3 is 2.55 bits per heavy atom. The Morgan fingerprint density at radius 2 is 1.80 bits per heavy atom. The number of rotatable bonds is 8. The molecule has 0 aliphatic carbocycles. The minimum atomic E-state index is -3.44. The molecule has 9 nitrogen and oxygen atoms in total. The van der Waals surface area contributed by atoms with Crippen LogP contribution in [0, 0.1) is 0 Å². The first-order chi connectivity index (χ1) is 19.4. The topological polar surface area (TPSA) is 119 Å². The number of anilines is 1. The fourth-order valence-electron chi connectivity index (χ4n) is 5.12. The Bertz CT molecular complexity index is 1780. The summed E-state index contributed by atoms with van der Waals surface area (Å²) < 4.78 is 28.4. The van der Waals surface area contributed by atoms with E-state index in [4.69, 9.17) is 15.7 Å². The zero-order chi connectivity index (χ0) is 27.7. The van der Waals surface area contributed by atoms with Crippen molar-refractivity contribution >= 4 is 27.0 Å². The molecule has 4 heterocycles. The van der Waals surface area contributed by atoms with Crippen LogP contribution in [-0.2, 0) is 16.6 Å². The second kappa shape index (κ2) is 10.6. The molecular formula is C30H29N7O2S. The lowest BCUT2D eigenvalue weighted by molar-refractivity contribution is 0.324. The molecule has 6 rings (SSSR count). The van der Waals surface area contributed by atoms with Crippen molar-refractivity contribution in [3.05, 3.63) is 103 Å². The molecule has 0 amide bonds. The van der Waals surface area contributed by atoms with Crippen molar-refractivity contribution in [2.24, 2.45) is 0 Å². The summed E-state index contributed by atoms with van der Waals surface area (Å²) in [4.78, 5) is 16.5. The standard InChI is InChI=1S/C30H29N7O2S/c1-2-40(38,39)35-23-16-18-36(20-23)19-21-10-12-24(13-11-21)37-29(25-9-6-17-32-28(25)31)34-27-15-14-26(33-30(27)37)22-7-4-3-5-8-22/h2-15,17,23,35H,1,16,18-20H2,(H2,31,32)/t23-/m1/s1. The zero-order valence-corrected chi connectivity index (χ0v) is 22.6. The molecule has 0 spiro atoms. The van der Waals surface area contributed by atoms with E-state index in [9.17, 15) is 8.42 Å². The van der Waals surface area contributed by atoms with Gasteiger partial charge < -0.3 is 5.73 Å². The number of fused-ring (bicyclic) bond motifs is 1. The molecule has 1 atom stereocenters. The van der Waals surface area contributed by atoms with Crippen LogP contribution in [0.4, 0.5) is 5.82 Å². The highest BCUT2D eigenvalue weighted by atomic mass is 32.2. The number of pyridine rings is 2. The van der Waals surface area contributed by atoms with Crippen molar-refractivity contribution in [3.8, 4) is 28.3 Å². The second-order valence-electron chi connectivity index (χ2n) is 9.83. The maximum absolute atomic E-state index is 11.8. The van der Waals surface area contributed by atoms with Crippen LogP contribution < -0.4 is 10.5 Å². The SMILES string of the molecule is C=CS(=O)(=O)N[C@@H]1CCN(Cc2ccc(-n3c(-c4cccnc4N)nc4ccc(-c5ccccc5)nc43)cc2)C1. The predicted octanol–water partition coefficient (Wildman–Crippen LogP) is 4.37. The van der Waals surface area contributed by atoms with Gasteiger partial charge in [-0.1, -0.05) is 49.0 Å². The summed E-state index contributed by atoms with van der Waals surface area (Å²) in [7, 11) is -3.44. The normalized spacial score (nSPS) is 15.9. The number of aromatic nitrogens is 4. The number of nitrogen functional groups attached to an aromatic ring is 1. The van der Waals surface area contributed by atoms with E-state index in [1.54, 1.807) is 6.20 Å². The highest BCUT2D eigenvalue weighted by Crippen LogP contribution is 2.32. The molecule has 0 saturated carbocycles. The van der Waals surface area contributed by atoms with Gasteiger partial charge in [-0.05, 0) is 48.4 Å². The van der Waals surface area contributed by atoms with Crippen LogP contribution in [0.25, 0.3) is 39.5 Å². The van der Waals surface area contributed by atoms with E-state index in [1.165, 1.54) is 0 Å². The van der Waals surface area contributed by atoms with Gasteiger partial charge in [0.05, 0.1) is 11.3 Å². The van der Waals surface area contributed by atoms with Crippen molar-refractivity contribution in [2.75, 3.05) is 18.8 Å². The first-order valence-corrected chi connectivity index (χ1v) is 14.6. The van der Waals surface area contributed by atoms with Gasteiger partial charge in [0.15, 0.2) is 11.5 Å². The van der Waals surface area contributed by atoms with Crippen LogP contribution in [-0.4, -0.2) is 52.0 Å². The summed E-state index contributed by atoms with van der Waals surface area (Å²) in [5.41, 5.74) is 12.4. The van der Waals surface area contributed by atoms with Crippen molar-refractivity contribution in [1.82, 2.24) is 29.1 Å². The van der Waals surface area contributed by atoms with Crippen LogP contribution in [0.3, 0.4) is 0 Å². The Labute approximate surface area is 233 Å². The summed E-state index contributed by atoms with van der Waals surface area (Å²) in [5, 5.41) is 0.958. The maximum atomic E-state index is 11.8. The number of sulfonamides is 1. The number of nitrogens with two attached hydrogens (primary N) is 1. The van der Waals surface area contributed by atoms with Gasteiger partial charge in [0.25, 0.3) is 0 Å². The number of nitrogens with zero attached hydrogens (tertiary/aromatic N) is 5. The van der Waals surface area contributed by atoms with E-state index in [1.807, 2.05) is 59.2 Å². The fourth-order valence-corrected chi connectivity index (χ4v) is 5.87. The molecule has 1 aliphatic heterocycles. The molecule has 2 aromatic carbocycles. The summed E-state index contributed by atoms with van der Waals surface area (Å²) >= 11 is 0. The van der Waals surface area contributed by atoms with Crippen LogP contribution in [0.2, 0.25) is 0 Å². The van der Waals surface area contributed by atoms with Gasteiger partial charge in [0.1, 0.15) is 11.3 Å². The van der Waals surface area contributed by atoms with Crippen LogP contribution in [0.15, 0.2) is 97.0 Å². The monoisotopic (exact) mass is 551 g/mol. The van der Waals surface area contributed by atoms with Gasteiger partial charge in [0.2, 0.25) is 10.0 Å². The molecule has 0 radical (unpaired) electrons. The van der Waals surface area contributed by atoms with Gasteiger partial charge in [0, 0.05) is 48.5 Å². The highest BCUT2D eigenvalue weighted by Gasteiger charge is 2.25. The quantitative estimate of drug-likeness (QED) is 0.294. The van der Waals surface area contributed by atoms with Gasteiger partial charge in [-0.2, -0.15) is 0 Å². The molecule has 1 aliphatic rings. The number of hydrogen-bond acceptors (Lipinski definition) is 7. The third-order valence-corrected chi connectivity index (χ3v) is 8.18. The first kappa shape index (κ1) is 25.9. The maximum Gasteiger partial charge on any atom is 0.233 e. The summed E-state index contributed by atoms with van der Waals surface area (Å²) in [5.74, 6) is 1.07. The highest BCUT2D eigenvalue weighted by molar-refractivity contribution is 7.92. The summed E-state index contributed by atoms with van der Waals surface area (Å²) in [6.07, 6.45) is 2.43. The molecule has 0 bridgehead atoms. The van der Waals surface area contributed by atoms with E-state index in [2.05, 4.69) is 45.5 Å². The lowest BCUT2D eigenvalue weighted by Gasteiger charge is -2.17. The van der Waals surface area contributed by atoms with E-state index in [0.29, 0.717) is 18.2 Å². The smallest absolute Gasteiger partial charge is 0.233 e. The van der Waals surface area contributed by atoms with E-state index in [0.717, 1.165) is 64.2 Å². The lowest BCUT2D eigenvalue weighted by Crippen LogP contribution is -2.35. The summed E-state index contributed by atoms with van der Waals surface area (Å²) in [6.45, 7) is 5.56. The predicted molar refractivity (Wildman–Crippen MR) is 158 cm³/mol. The number of likely N-dealkylation sites (tertiary alicyclic amines) is 1. The van der Waals surface area contributed by atoms with Crippen molar-refractivity contribution in [2.45, 2.75) is 19.0 Å². The van der Waals surface area contributed by atoms with Crippen molar-refractivity contribution in [1.29, 1.82) is 0 Å². The van der Waals surface area contributed by atoms with Crippen molar-refractivity contribution < 1.29 is 8.42 Å². The van der Waals surface area contributed by atoms with Gasteiger partial charge >= 0.3 is 0 Å². The van der Waals surface area contributed by atoms with E-state index >= 15 is 0 Å². The number of hydrogen-bond donors (Lipinski definition) is 2. The second-order valence-corrected chi connectivity index (χ2v) is 11.5. The molecule has 40 heavy (non-hydrogen) atoms. The summed E-state index contributed by atoms with van der Waals surface area (Å²) in [6, 6.07) is 25.9. The zero-order valence-electron chi connectivity index (χ0n) is 21.8. The largest absolute Gasteiger partial charge is 0.383 e. The average molecular weight is 552 g/mol. The Kier molecular flexibility index (Phi) is 6.89. The molecule has 3 aromatic heterocycles. The minimum absolute atomic E-state index is 0.114. The lowest BCUT2D eigenvalue weighted by atomic mass is 10.1. The van der Waals surface area contributed by atoms with E-state index < -0.39 is 10.0 Å².